The Hall–Kier alpha value is -3.53. The van der Waals surface area contributed by atoms with E-state index in [9.17, 15) is 14.4 Å². The second-order valence-electron chi connectivity index (χ2n) is 7.30. The van der Waals surface area contributed by atoms with Crippen molar-refractivity contribution >= 4 is 34.1 Å². The van der Waals surface area contributed by atoms with Gasteiger partial charge in [-0.2, -0.15) is 0 Å². The quantitative estimate of drug-likeness (QED) is 0.497. The van der Waals surface area contributed by atoms with Gasteiger partial charge >= 0.3 is 5.69 Å². The molecule has 4 aromatic rings. The molecule has 1 amide bonds. The number of carbonyl (C=O) groups is 1. The Kier molecular flexibility index (Phi) is 5.55. The summed E-state index contributed by atoms with van der Waals surface area (Å²) >= 11 is 1.58. The highest BCUT2D eigenvalue weighted by atomic mass is 32.1. The Labute approximate surface area is 181 Å². The van der Waals surface area contributed by atoms with Gasteiger partial charge in [-0.1, -0.05) is 12.1 Å². The van der Waals surface area contributed by atoms with Crippen molar-refractivity contribution in [2.75, 3.05) is 5.32 Å². The lowest BCUT2D eigenvalue weighted by Crippen LogP contribution is -2.37. The van der Waals surface area contributed by atoms with E-state index in [1.165, 1.54) is 17.9 Å². The van der Waals surface area contributed by atoms with Gasteiger partial charge < -0.3 is 9.88 Å². The largest absolute Gasteiger partial charge is 0.332 e. The SMILES string of the molecule is Cc1nc(-c2cccc(NC(=O)CCCn3cnc4c3c(=O)n(C)c(=O)n4C)c2)cs1. The summed E-state index contributed by atoms with van der Waals surface area (Å²) in [5.74, 6) is -0.115. The molecule has 0 bridgehead atoms. The maximum atomic E-state index is 12.5. The van der Waals surface area contributed by atoms with E-state index in [2.05, 4.69) is 15.3 Å². The number of amides is 1. The topological polar surface area (TPSA) is 104 Å². The number of hydrogen-bond donors (Lipinski definition) is 1. The first-order chi connectivity index (χ1) is 14.8. The molecule has 0 aliphatic rings. The van der Waals surface area contributed by atoms with Crippen molar-refractivity contribution in [1.82, 2.24) is 23.7 Å². The second-order valence-corrected chi connectivity index (χ2v) is 8.36. The number of thiazole rings is 1. The minimum atomic E-state index is -0.419. The number of aromatic nitrogens is 5. The van der Waals surface area contributed by atoms with Crippen molar-refractivity contribution in [3.05, 3.63) is 61.8 Å². The molecule has 0 fully saturated rings. The van der Waals surface area contributed by atoms with Crippen molar-refractivity contribution in [2.45, 2.75) is 26.3 Å². The van der Waals surface area contributed by atoms with Gasteiger partial charge in [-0.3, -0.25) is 18.7 Å². The van der Waals surface area contributed by atoms with E-state index in [1.807, 2.05) is 36.6 Å². The molecule has 3 heterocycles. The first-order valence-corrected chi connectivity index (χ1v) is 10.7. The highest BCUT2D eigenvalue weighted by molar-refractivity contribution is 7.09. The Morgan fingerprint density at radius 1 is 1.19 bits per heavy atom. The molecule has 0 saturated heterocycles. The fourth-order valence-corrected chi connectivity index (χ4v) is 4.07. The summed E-state index contributed by atoms with van der Waals surface area (Å²) in [6.07, 6.45) is 2.34. The molecule has 0 atom stereocenters. The minimum absolute atomic E-state index is 0.115. The van der Waals surface area contributed by atoms with Crippen molar-refractivity contribution in [1.29, 1.82) is 0 Å². The highest BCUT2D eigenvalue weighted by Crippen LogP contribution is 2.24. The van der Waals surface area contributed by atoms with E-state index in [1.54, 1.807) is 23.0 Å². The summed E-state index contributed by atoms with van der Waals surface area (Å²) in [4.78, 5) is 45.6. The molecule has 9 nitrogen and oxygen atoms in total. The zero-order valence-corrected chi connectivity index (χ0v) is 18.3. The summed E-state index contributed by atoms with van der Waals surface area (Å²) < 4.78 is 4.09. The summed E-state index contributed by atoms with van der Waals surface area (Å²) in [5, 5.41) is 5.90. The van der Waals surface area contributed by atoms with Crippen LogP contribution in [0.2, 0.25) is 0 Å². The average molecular weight is 439 g/mol. The summed E-state index contributed by atoms with van der Waals surface area (Å²) in [6.45, 7) is 2.40. The molecular formula is C21H22N6O3S. The number of rotatable bonds is 6. The molecule has 4 rings (SSSR count). The Balaban J connectivity index is 1.42. The molecule has 0 spiro atoms. The number of aryl methyl sites for hydroxylation is 3. The van der Waals surface area contributed by atoms with Crippen molar-refractivity contribution in [2.24, 2.45) is 14.1 Å². The predicted molar refractivity (Wildman–Crippen MR) is 120 cm³/mol. The molecule has 0 aliphatic carbocycles. The van der Waals surface area contributed by atoms with E-state index >= 15 is 0 Å². The van der Waals surface area contributed by atoms with Crippen LogP contribution in [-0.4, -0.2) is 29.6 Å². The van der Waals surface area contributed by atoms with E-state index in [4.69, 9.17) is 0 Å². The van der Waals surface area contributed by atoms with Gasteiger partial charge in [-0.25, -0.2) is 14.8 Å². The lowest BCUT2D eigenvalue weighted by molar-refractivity contribution is -0.116. The van der Waals surface area contributed by atoms with Gasteiger partial charge in [0.1, 0.15) is 0 Å². The average Bonchev–Trinajstić information content (AvgIpc) is 3.37. The molecule has 10 heteroatoms. The molecule has 3 aromatic heterocycles. The number of nitrogens with one attached hydrogen (secondary N) is 1. The maximum Gasteiger partial charge on any atom is 0.332 e. The Bertz CT molecular complexity index is 1390. The number of carbonyl (C=O) groups excluding carboxylic acids is 1. The van der Waals surface area contributed by atoms with Crippen LogP contribution in [0.5, 0.6) is 0 Å². The number of nitrogens with zero attached hydrogens (tertiary/aromatic N) is 5. The van der Waals surface area contributed by atoms with Gasteiger partial charge in [0, 0.05) is 43.7 Å². The summed E-state index contributed by atoms with van der Waals surface area (Å²) in [5.41, 5.74) is 2.44. The lowest BCUT2D eigenvalue weighted by atomic mass is 10.1. The van der Waals surface area contributed by atoms with Crippen LogP contribution in [0.25, 0.3) is 22.4 Å². The van der Waals surface area contributed by atoms with E-state index in [0.29, 0.717) is 29.8 Å². The van der Waals surface area contributed by atoms with E-state index < -0.39 is 11.2 Å². The van der Waals surface area contributed by atoms with Crippen molar-refractivity contribution in [3.8, 4) is 11.3 Å². The van der Waals surface area contributed by atoms with E-state index in [-0.39, 0.29) is 12.3 Å². The van der Waals surface area contributed by atoms with Crippen LogP contribution >= 0.6 is 11.3 Å². The molecular weight excluding hydrogens is 416 g/mol. The van der Waals surface area contributed by atoms with Gasteiger partial charge in [-0.15, -0.1) is 11.3 Å². The molecule has 1 N–H and O–H groups in total. The van der Waals surface area contributed by atoms with Gasteiger partial charge in [-0.05, 0) is 25.5 Å². The van der Waals surface area contributed by atoms with Gasteiger partial charge in [0.05, 0.1) is 17.0 Å². The summed E-state index contributed by atoms with van der Waals surface area (Å²) in [7, 11) is 3.02. The first-order valence-electron chi connectivity index (χ1n) is 9.78. The minimum Gasteiger partial charge on any atom is -0.326 e. The smallest absolute Gasteiger partial charge is 0.326 e. The second kappa shape index (κ2) is 8.31. The molecule has 0 radical (unpaired) electrons. The van der Waals surface area contributed by atoms with Crippen LogP contribution in [-0.2, 0) is 25.4 Å². The third kappa shape index (κ3) is 4.06. The van der Waals surface area contributed by atoms with Crippen molar-refractivity contribution in [3.63, 3.8) is 0 Å². The predicted octanol–water partition coefficient (Wildman–Crippen LogP) is 2.28. The molecule has 160 valence electrons. The number of hydrogen-bond acceptors (Lipinski definition) is 6. The van der Waals surface area contributed by atoms with Crippen LogP contribution < -0.4 is 16.6 Å². The van der Waals surface area contributed by atoms with Gasteiger partial charge in [0.25, 0.3) is 5.56 Å². The molecule has 0 aliphatic heterocycles. The number of fused-ring (bicyclic) bond motifs is 1. The van der Waals surface area contributed by atoms with Crippen molar-refractivity contribution < 1.29 is 4.79 Å². The molecule has 1 aromatic carbocycles. The van der Waals surface area contributed by atoms with Crippen LogP contribution in [0.4, 0.5) is 5.69 Å². The Morgan fingerprint density at radius 3 is 2.74 bits per heavy atom. The van der Waals surface area contributed by atoms with Crippen LogP contribution in [0, 0.1) is 6.92 Å². The number of imidazole rings is 1. The van der Waals surface area contributed by atoms with Crippen LogP contribution in [0.15, 0.2) is 45.6 Å². The van der Waals surface area contributed by atoms with Gasteiger partial charge in [0.15, 0.2) is 11.2 Å². The highest BCUT2D eigenvalue weighted by Gasteiger charge is 2.14. The third-order valence-corrected chi connectivity index (χ3v) is 5.85. The fraction of sp³-hybridized carbons (Fsp3) is 0.286. The van der Waals surface area contributed by atoms with E-state index in [0.717, 1.165) is 20.8 Å². The zero-order valence-electron chi connectivity index (χ0n) is 17.5. The zero-order chi connectivity index (χ0) is 22.1. The molecule has 0 unspecified atom stereocenters. The third-order valence-electron chi connectivity index (χ3n) is 5.08. The normalized spacial score (nSPS) is 11.2. The summed E-state index contributed by atoms with van der Waals surface area (Å²) in [6, 6.07) is 7.59. The maximum absolute atomic E-state index is 12.5. The first kappa shape index (κ1) is 20.7. The molecule has 31 heavy (non-hydrogen) atoms. The number of anilines is 1. The fourth-order valence-electron chi connectivity index (χ4n) is 3.45. The monoisotopic (exact) mass is 438 g/mol. The lowest BCUT2D eigenvalue weighted by Gasteiger charge is -2.08. The van der Waals surface area contributed by atoms with Gasteiger partial charge in [0.2, 0.25) is 5.91 Å². The Morgan fingerprint density at radius 2 is 2.00 bits per heavy atom. The standard InChI is InChI=1S/C21H22N6O3S/c1-13-23-16(11-31-13)14-6-4-7-15(10-14)24-17(28)8-5-9-27-12-22-19-18(27)20(29)26(3)21(30)25(19)2/h4,6-7,10-12H,5,8-9H2,1-3H3,(H,24,28). The van der Waals surface area contributed by atoms with Crippen LogP contribution in [0.3, 0.4) is 0 Å². The van der Waals surface area contributed by atoms with Crippen LogP contribution in [0.1, 0.15) is 17.8 Å². The molecule has 0 saturated carbocycles. The number of benzene rings is 1.